The summed E-state index contributed by atoms with van der Waals surface area (Å²) in [7, 11) is 0. The zero-order chi connectivity index (χ0) is 37.9. The molecule has 4 nitrogen and oxygen atoms in total. The fraction of sp³-hybridized carbons (Fsp3) is 0.341. The molecule has 4 aromatic carbocycles. The maximum atomic E-state index is 11.7. The summed E-state index contributed by atoms with van der Waals surface area (Å²) in [5, 5.41) is 9.71. The van der Waals surface area contributed by atoms with Crippen molar-refractivity contribution in [3.8, 4) is 22.5 Å². The fourth-order valence-corrected chi connectivity index (χ4v) is 5.65. The van der Waals surface area contributed by atoms with Crippen LogP contribution in [-0.2, 0) is 24.9 Å². The van der Waals surface area contributed by atoms with Crippen LogP contribution in [0.15, 0.2) is 78.4 Å². The van der Waals surface area contributed by atoms with Crippen molar-refractivity contribution in [2.24, 2.45) is 11.8 Å². The van der Waals surface area contributed by atoms with E-state index in [2.05, 4.69) is 12.1 Å². The van der Waals surface area contributed by atoms with Crippen molar-refractivity contribution in [3.63, 3.8) is 0 Å². The topological polar surface area (TPSA) is 63.1 Å². The molecular formula is C41H47IrN2O2-. The van der Waals surface area contributed by atoms with Crippen molar-refractivity contribution in [3.05, 3.63) is 107 Å². The van der Waals surface area contributed by atoms with Gasteiger partial charge in [-0.05, 0) is 68.0 Å². The van der Waals surface area contributed by atoms with E-state index in [9.17, 15) is 9.90 Å². The Balaban J connectivity index is 0.000000389. The van der Waals surface area contributed by atoms with Gasteiger partial charge in [0.1, 0.15) is 0 Å². The van der Waals surface area contributed by atoms with Crippen LogP contribution >= 0.6 is 0 Å². The standard InChI is InChI=1S/C28H23N2.C13H24O2.Ir/c1-17-9-18(2)12-23(11-17)27-28(24-13-19(3)10-20(4)14-24)30-26-16-22-8-6-5-7-21(22)15-25(26)29-27;1-5-10(6-2)12(14)9-13(15)11(7-3)8-4;/h5-13,15-16H,1-4H3;9-11,14H,5-8H2,1-4H3;/q-1;;/b;12-9-;/i5D,6D,7D,8D,15D,16D;;. The molecule has 1 N–H and O–H groups in total. The number of rotatable bonds is 9. The molecule has 0 aliphatic rings. The van der Waals surface area contributed by atoms with Gasteiger partial charge in [0.05, 0.1) is 30.7 Å². The van der Waals surface area contributed by atoms with Crippen LogP contribution in [0.1, 0.15) is 83.9 Å². The predicted molar refractivity (Wildman–Crippen MR) is 190 cm³/mol. The van der Waals surface area contributed by atoms with Gasteiger partial charge < -0.3 is 5.11 Å². The number of aromatic nitrogens is 2. The average molecular weight is 798 g/mol. The van der Waals surface area contributed by atoms with Gasteiger partial charge in [-0.2, -0.15) is 0 Å². The summed E-state index contributed by atoms with van der Waals surface area (Å²) < 4.78 is 50.7. The first-order valence-corrected chi connectivity index (χ1v) is 15.8. The molecule has 0 fully saturated rings. The second-order valence-corrected chi connectivity index (χ2v) is 11.7. The summed E-state index contributed by atoms with van der Waals surface area (Å²) in [6.45, 7) is 16.0. The van der Waals surface area contributed by atoms with Crippen molar-refractivity contribution < 1.29 is 38.2 Å². The number of hydrogen-bond acceptors (Lipinski definition) is 4. The van der Waals surface area contributed by atoms with E-state index in [-0.39, 0.29) is 89.5 Å². The molecule has 243 valence electrons. The first-order chi connectivity index (χ1) is 24.1. The van der Waals surface area contributed by atoms with Crippen LogP contribution in [-0.4, -0.2) is 20.9 Å². The number of aryl methyl sites for hydroxylation is 4. The van der Waals surface area contributed by atoms with Crippen molar-refractivity contribution in [1.29, 1.82) is 0 Å². The SMILES string of the molecule is CCC(CC)C(=O)/C=C(\O)C(CC)CC.[2H]c1c([2H])c([2H])c2c([2H])c3nc(-c4cc(C)cc(C)c4)c(-c4[c-]c(C)cc(C)c4)nc3c([2H])c2c1[2H].[Ir]. The van der Waals surface area contributed by atoms with Crippen LogP contribution in [0.5, 0.6) is 0 Å². The minimum absolute atomic E-state index is 0. The van der Waals surface area contributed by atoms with E-state index in [1.165, 1.54) is 6.08 Å². The van der Waals surface area contributed by atoms with Gasteiger partial charge in [-0.15, -0.1) is 34.9 Å². The van der Waals surface area contributed by atoms with E-state index in [0.29, 0.717) is 17.0 Å². The molecule has 5 heteroatoms. The van der Waals surface area contributed by atoms with E-state index in [0.717, 1.165) is 53.5 Å². The van der Waals surface area contributed by atoms with Crippen molar-refractivity contribution in [2.45, 2.75) is 81.1 Å². The van der Waals surface area contributed by atoms with Gasteiger partial charge >= 0.3 is 0 Å². The maximum absolute atomic E-state index is 11.7. The minimum Gasteiger partial charge on any atom is -0.512 e. The maximum Gasteiger partial charge on any atom is 0.162 e. The molecule has 1 heterocycles. The number of fused-ring (bicyclic) bond motifs is 2. The van der Waals surface area contributed by atoms with E-state index >= 15 is 0 Å². The molecule has 1 aromatic heterocycles. The molecule has 0 bridgehead atoms. The molecule has 0 unspecified atom stereocenters. The molecule has 0 saturated heterocycles. The second kappa shape index (κ2) is 16.8. The Morgan fingerprint density at radius 3 is 1.78 bits per heavy atom. The van der Waals surface area contributed by atoms with Gasteiger partial charge in [-0.25, -0.2) is 0 Å². The molecule has 0 spiro atoms. The third-order valence-corrected chi connectivity index (χ3v) is 8.05. The van der Waals surface area contributed by atoms with Crippen LogP contribution in [0.25, 0.3) is 44.3 Å². The number of hydrogen-bond donors (Lipinski definition) is 1. The van der Waals surface area contributed by atoms with Gasteiger partial charge in [0.25, 0.3) is 0 Å². The number of allylic oxidation sites excluding steroid dienone is 2. The number of benzene rings is 4. The molecule has 0 amide bonds. The van der Waals surface area contributed by atoms with E-state index < -0.39 is 12.1 Å². The van der Waals surface area contributed by atoms with Gasteiger partial charge in [0.15, 0.2) is 5.78 Å². The first-order valence-electron chi connectivity index (χ1n) is 18.8. The fourth-order valence-electron chi connectivity index (χ4n) is 5.65. The van der Waals surface area contributed by atoms with Crippen molar-refractivity contribution in [2.75, 3.05) is 0 Å². The molecule has 5 aromatic rings. The summed E-state index contributed by atoms with van der Waals surface area (Å²) in [4.78, 5) is 21.4. The normalized spacial score (nSPS) is 13.3. The van der Waals surface area contributed by atoms with Crippen LogP contribution in [0.4, 0.5) is 0 Å². The Morgan fingerprint density at radius 2 is 1.28 bits per heavy atom. The second-order valence-electron chi connectivity index (χ2n) is 11.7. The monoisotopic (exact) mass is 798 g/mol. The third kappa shape index (κ3) is 8.99. The number of aliphatic hydroxyl groups is 1. The molecule has 0 aliphatic heterocycles. The number of ketones is 1. The van der Waals surface area contributed by atoms with Crippen LogP contribution in [0.2, 0.25) is 0 Å². The smallest absolute Gasteiger partial charge is 0.162 e. The predicted octanol–water partition coefficient (Wildman–Crippen LogP) is 11.0. The zero-order valence-electron chi connectivity index (χ0n) is 34.0. The zero-order valence-corrected chi connectivity index (χ0v) is 30.4. The van der Waals surface area contributed by atoms with E-state index in [4.69, 9.17) is 18.2 Å². The van der Waals surface area contributed by atoms with E-state index in [1.807, 2.05) is 79.7 Å². The summed E-state index contributed by atoms with van der Waals surface area (Å²) >= 11 is 0. The van der Waals surface area contributed by atoms with Gasteiger partial charge in [-0.1, -0.05) is 95.0 Å². The molecule has 0 atom stereocenters. The molecule has 46 heavy (non-hydrogen) atoms. The van der Waals surface area contributed by atoms with Crippen LogP contribution in [0, 0.1) is 45.6 Å². The molecule has 5 rings (SSSR count). The minimum atomic E-state index is -0.442. The molecule has 0 saturated carbocycles. The van der Waals surface area contributed by atoms with Crippen molar-refractivity contribution in [1.82, 2.24) is 9.97 Å². The summed E-state index contributed by atoms with van der Waals surface area (Å²) in [5.41, 5.74) is 6.84. The van der Waals surface area contributed by atoms with Gasteiger partial charge in [0, 0.05) is 43.7 Å². The van der Waals surface area contributed by atoms with Crippen molar-refractivity contribution >= 4 is 27.6 Å². The Hall–Kier alpha value is -3.66. The molecular weight excluding hydrogens is 745 g/mol. The number of aliphatic hydroxyl groups excluding tert-OH is 1. The molecule has 1 radical (unpaired) electrons. The number of nitrogens with zero attached hydrogens (tertiary/aromatic N) is 2. The Morgan fingerprint density at radius 1 is 0.783 bits per heavy atom. The van der Waals surface area contributed by atoms with Crippen LogP contribution in [0.3, 0.4) is 0 Å². The largest absolute Gasteiger partial charge is 0.512 e. The van der Waals surface area contributed by atoms with Gasteiger partial charge in [-0.3, -0.25) is 14.8 Å². The summed E-state index contributed by atoms with van der Waals surface area (Å²) in [6.07, 6.45) is 4.91. The Labute approximate surface area is 297 Å². The third-order valence-electron chi connectivity index (χ3n) is 8.05. The summed E-state index contributed by atoms with van der Waals surface area (Å²) in [6, 6.07) is 11.4. The summed E-state index contributed by atoms with van der Waals surface area (Å²) in [5.74, 6) is 0.547. The Bertz CT molecular complexity index is 1990. The average Bonchev–Trinajstić information content (AvgIpc) is 3.07. The quantitative estimate of drug-likeness (QED) is 0.0698. The first kappa shape index (κ1) is 28.6. The number of carbonyl (C=O) groups is 1. The van der Waals surface area contributed by atoms with E-state index in [1.54, 1.807) is 0 Å². The van der Waals surface area contributed by atoms with Crippen LogP contribution < -0.4 is 0 Å². The van der Waals surface area contributed by atoms with Gasteiger partial charge in [0.2, 0.25) is 0 Å². The molecule has 0 aliphatic carbocycles. The Kier molecular flexibility index (Phi) is 10.4. The number of carbonyl (C=O) groups excluding carboxylic acids is 1.